The van der Waals surface area contributed by atoms with Crippen LogP contribution in [0.15, 0.2) is 12.4 Å². The van der Waals surface area contributed by atoms with Crippen molar-refractivity contribution in [1.82, 2.24) is 15.3 Å². The van der Waals surface area contributed by atoms with Crippen molar-refractivity contribution in [2.75, 3.05) is 6.54 Å². The molecule has 1 aromatic rings. The number of aryl methyl sites for hydroxylation is 1. The highest BCUT2D eigenvalue weighted by Crippen LogP contribution is 2.35. The second kappa shape index (κ2) is 6.28. The summed E-state index contributed by atoms with van der Waals surface area (Å²) < 4.78 is 0. The summed E-state index contributed by atoms with van der Waals surface area (Å²) in [5.74, 6) is 1.62. The number of hydrogen-bond acceptors (Lipinski definition) is 3. The van der Waals surface area contributed by atoms with Crippen LogP contribution in [0.25, 0.3) is 0 Å². The van der Waals surface area contributed by atoms with Gasteiger partial charge in [-0.1, -0.05) is 26.7 Å². The van der Waals surface area contributed by atoms with Gasteiger partial charge in [0.25, 0.3) is 0 Å². The Kier molecular flexibility index (Phi) is 4.70. The third-order valence-corrected chi connectivity index (χ3v) is 4.08. The van der Waals surface area contributed by atoms with Crippen LogP contribution >= 0.6 is 0 Å². The fourth-order valence-electron chi connectivity index (χ4n) is 2.92. The summed E-state index contributed by atoms with van der Waals surface area (Å²) in [6, 6.07) is 0.385. The van der Waals surface area contributed by atoms with Crippen LogP contribution in [0, 0.1) is 18.8 Å². The first kappa shape index (κ1) is 13.5. The third kappa shape index (κ3) is 3.29. The first-order valence-electron chi connectivity index (χ1n) is 7.22. The number of hydrogen-bond donors (Lipinski definition) is 1. The Hall–Kier alpha value is -0.960. The minimum absolute atomic E-state index is 0.385. The van der Waals surface area contributed by atoms with E-state index in [9.17, 15) is 0 Å². The molecule has 0 spiro atoms. The Morgan fingerprint density at radius 2 is 1.94 bits per heavy atom. The summed E-state index contributed by atoms with van der Waals surface area (Å²) in [5, 5.41) is 3.60. The summed E-state index contributed by atoms with van der Waals surface area (Å²) in [5.41, 5.74) is 2.10. The Labute approximate surface area is 110 Å². The van der Waals surface area contributed by atoms with Gasteiger partial charge in [0.05, 0.1) is 23.6 Å². The molecular weight excluding hydrogens is 222 g/mol. The number of nitrogens with zero attached hydrogens (tertiary/aromatic N) is 2. The molecule has 0 aliphatic heterocycles. The van der Waals surface area contributed by atoms with Crippen LogP contribution in [0.3, 0.4) is 0 Å². The molecule has 0 radical (unpaired) electrons. The van der Waals surface area contributed by atoms with Crippen LogP contribution in [0.1, 0.15) is 57.0 Å². The Morgan fingerprint density at radius 3 is 2.50 bits per heavy atom. The Balaban J connectivity index is 2.09. The molecule has 1 saturated carbocycles. The van der Waals surface area contributed by atoms with Gasteiger partial charge in [0.1, 0.15) is 0 Å². The molecule has 1 unspecified atom stereocenters. The van der Waals surface area contributed by atoms with Gasteiger partial charge in [0, 0.05) is 6.20 Å². The van der Waals surface area contributed by atoms with Crippen LogP contribution in [-0.2, 0) is 0 Å². The molecule has 0 amide bonds. The SMILES string of the molecule is CCNC(c1cnc(C)cn1)C1CCC(C)CC1. The first-order chi connectivity index (χ1) is 8.70. The lowest BCUT2D eigenvalue weighted by atomic mass is 9.78. The third-order valence-electron chi connectivity index (χ3n) is 4.08. The van der Waals surface area contributed by atoms with E-state index in [0.29, 0.717) is 6.04 Å². The van der Waals surface area contributed by atoms with E-state index in [2.05, 4.69) is 29.1 Å². The van der Waals surface area contributed by atoms with Crippen LogP contribution < -0.4 is 5.32 Å². The highest BCUT2D eigenvalue weighted by Gasteiger charge is 2.27. The molecule has 1 aromatic heterocycles. The number of aromatic nitrogens is 2. The molecule has 3 nitrogen and oxygen atoms in total. The van der Waals surface area contributed by atoms with E-state index in [0.717, 1.165) is 29.8 Å². The van der Waals surface area contributed by atoms with E-state index in [-0.39, 0.29) is 0 Å². The lowest BCUT2D eigenvalue weighted by Crippen LogP contribution is -2.31. The lowest BCUT2D eigenvalue weighted by Gasteiger charge is -2.32. The molecule has 1 aliphatic rings. The molecule has 0 aromatic carbocycles. The summed E-state index contributed by atoms with van der Waals surface area (Å²) in [6.45, 7) is 7.51. The number of rotatable bonds is 4. The summed E-state index contributed by atoms with van der Waals surface area (Å²) >= 11 is 0. The van der Waals surface area contributed by atoms with E-state index < -0.39 is 0 Å². The van der Waals surface area contributed by atoms with Crippen molar-refractivity contribution in [2.45, 2.75) is 52.5 Å². The van der Waals surface area contributed by atoms with E-state index in [1.54, 1.807) is 0 Å². The maximum atomic E-state index is 4.57. The molecule has 100 valence electrons. The van der Waals surface area contributed by atoms with Gasteiger partial charge in [-0.15, -0.1) is 0 Å². The van der Waals surface area contributed by atoms with Crippen molar-refractivity contribution in [1.29, 1.82) is 0 Å². The standard InChI is InChI=1S/C15H25N3/c1-4-16-15(13-7-5-11(2)6-8-13)14-10-17-12(3)9-18-14/h9-11,13,15-16H,4-8H2,1-3H3. The van der Waals surface area contributed by atoms with Crippen LogP contribution in [-0.4, -0.2) is 16.5 Å². The molecular formula is C15H25N3. The van der Waals surface area contributed by atoms with Gasteiger partial charge in [-0.2, -0.15) is 0 Å². The fourth-order valence-corrected chi connectivity index (χ4v) is 2.92. The van der Waals surface area contributed by atoms with Gasteiger partial charge in [-0.05, 0) is 38.1 Å². The average molecular weight is 247 g/mol. The van der Waals surface area contributed by atoms with Crippen molar-refractivity contribution in [3.63, 3.8) is 0 Å². The van der Waals surface area contributed by atoms with Crippen molar-refractivity contribution in [2.24, 2.45) is 11.8 Å². The zero-order chi connectivity index (χ0) is 13.0. The highest BCUT2D eigenvalue weighted by molar-refractivity contribution is 5.07. The van der Waals surface area contributed by atoms with Crippen LogP contribution in [0.2, 0.25) is 0 Å². The molecule has 18 heavy (non-hydrogen) atoms. The normalized spacial score (nSPS) is 25.9. The largest absolute Gasteiger partial charge is 0.309 e. The van der Waals surface area contributed by atoms with Crippen LogP contribution in [0.5, 0.6) is 0 Å². The molecule has 2 rings (SSSR count). The molecule has 1 aliphatic carbocycles. The topological polar surface area (TPSA) is 37.8 Å². The summed E-state index contributed by atoms with van der Waals surface area (Å²) in [7, 11) is 0. The zero-order valence-corrected chi connectivity index (χ0v) is 11.8. The van der Waals surface area contributed by atoms with Crippen molar-refractivity contribution >= 4 is 0 Å². The van der Waals surface area contributed by atoms with Crippen LogP contribution in [0.4, 0.5) is 0 Å². The quantitative estimate of drug-likeness (QED) is 0.887. The van der Waals surface area contributed by atoms with Crippen molar-refractivity contribution in [3.8, 4) is 0 Å². The van der Waals surface area contributed by atoms with Gasteiger partial charge < -0.3 is 5.32 Å². The summed E-state index contributed by atoms with van der Waals surface area (Å²) in [6.07, 6.45) is 9.16. The molecule has 0 saturated heterocycles. The predicted molar refractivity (Wildman–Crippen MR) is 74.3 cm³/mol. The van der Waals surface area contributed by atoms with Crippen molar-refractivity contribution in [3.05, 3.63) is 23.8 Å². The van der Waals surface area contributed by atoms with Crippen molar-refractivity contribution < 1.29 is 0 Å². The molecule has 1 N–H and O–H groups in total. The smallest absolute Gasteiger partial charge is 0.0759 e. The second-order valence-corrected chi connectivity index (χ2v) is 5.64. The van der Waals surface area contributed by atoms with Gasteiger partial charge in [0.2, 0.25) is 0 Å². The van der Waals surface area contributed by atoms with E-state index in [1.165, 1.54) is 25.7 Å². The van der Waals surface area contributed by atoms with E-state index in [4.69, 9.17) is 0 Å². The van der Waals surface area contributed by atoms with Gasteiger partial charge >= 0.3 is 0 Å². The Bertz CT molecular complexity index is 353. The molecule has 0 bridgehead atoms. The van der Waals surface area contributed by atoms with Gasteiger partial charge in [-0.3, -0.25) is 9.97 Å². The maximum absolute atomic E-state index is 4.57. The lowest BCUT2D eigenvalue weighted by molar-refractivity contribution is 0.230. The van der Waals surface area contributed by atoms with Gasteiger partial charge in [-0.25, -0.2) is 0 Å². The minimum Gasteiger partial charge on any atom is -0.309 e. The predicted octanol–water partition coefficient (Wildman–Crippen LogP) is 3.26. The molecule has 1 atom stereocenters. The minimum atomic E-state index is 0.385. The molecule has 3 heteroatoms. The molecule has 1 heterocycles. The second-order valence-electron chi connectivity index (χ2n) is 5.64. The summed E-state index contributed by atoms with van der Waals surface area (Å²) in [4.78, 5) is 8.96. The maximum Gasteiger partial charge on any atom is 0.0759 e. The average Bonchev–Trinajstić information content (AvgIpc) is 2.39. The van der Waals surface area contributed by atoms with Gasteiger partial charge in [0.15, 0.2) is 0 Å². The monoisotopic (exact) mass is 247 g/mol. The Morgan fingerprint density at radius 1 is 1.22 bits per heavy atom. The molecule has 1 fully saturated rings. The zero-order valence-electron chi connectivity index (χ0n) is 11.8. The fraction of sp³-hybridized carbons (Fsp3) is 0.733. The van der Waals surface area contributed by atoms with E-state index >= 15 is 0 Å². The van der Waals surface area contributed by atoms with E-state index in [1.807, 2.05) is 19.3 Å². The first-order valence-corrected chi connectivity index (χ1v) is 7.22. The highest BCUT2D eigenvalue weighted by atomic mass is 15.0. The number of nitrogens with one attached hydrogen (secondary N) is 1.